The molecular formula is C15H23ClN2OS. The number of halogens is 1. The Hall–Kier alpha value is -0.580. The van der Waals surface area contributed by atoms with Crippen LogP contribution in [-0.4, -0.2) is 37.0 Å². The summed E-state index contributed by atoms with van der Waals surface area (Å²) >= 11 is 7.43. The molecule has 1 N–H and O–H groups in total. The first-order valence-electron chi connectivity index (χ1n) is 7.37. The van der Waals surface area contributed by atoms with Gasteiger partial charge in [-0.05, 0) is 50.4 Å². The molecule has 5 heteroatoms. The standard InChI is InChI=1S/C15H23ClN2OS/c1-12(11-18-8-2-3-9-18)10-17-15(19)7-5-13-4-6-14(16)20-13/h4,6,12H,2-3,5,7-11H2,1H3,(H,17,19). The topological polar surface area (TPSA) is 32.3 Å². The zero-order valence-electron chi connectivity index (χ0n) is 12.0. The number of carbonyl (C=O) groups is 1. The molecule has 1 aliphatic rings. The van der Waals surface area contributed by atoms with E-state index in [4.69, 9.17) is 11.6 Å². The van der Waals surface area contributed by atoms with Gasteiger partial charge in [0, 0.05) is 24.4 Å². The van der Waals surface area contributed by atoms with Crippen molar-refractivity contribution < 1.29 is 4.79 Å². The van der Waals surface area contributed by atoms with Gasteiger partial charge in [0.25, 0.3) is 0 Å². The molecule has 1 atom stereocenters. The third-order valence-electron chi connectivity index (χ3n) is 3.64. The summed E-state index contributed by atoms with van der Waals surface area (Å²) in [4.78, 5) is 15.5. The highest BCUT2D eigenvalue weighted by Crippen LogP contribution is 2.22. The lowest BCUT2D eigenvalue weighted by Gasteiger charge is -2.20. The van der Waals surface area contributed by atoms with E-state index in [9.17, 15) is 4.79 Å². The second-order valence-electron chi connectivity index (χ2n) is 5.62. The van der Waals surface area contributed by atoms with Crippen molar-refractivity contribution in [1.82, 2.24) is 10.2 Å². The van der Waals surface area contributed by atoms with E-state index >= 15 is 0 Å². The van der Waals surface area contributed by atoms with Crippen molar-refractivity contribution in [3.8, 4) is 0 Å². The average molecular weight is 315 g/mol. The minimum atomic E-state index is 0.141. The molecule has 1 fully saturated rings. The first-order valence-corrected chi connectivity index (χ1v) is 8.56. The number of nitrogens with one attached hydrogen (secondary N) is 1. The van der Waals surface area contributed by atoms with Crippen LogP contribution in [0.25, 0.3) is 0 Å². The Kier molecular flexibility index (Phi) is 6.33. The van der Waals surface area contributed by atoms with Crippen molar-refractivity contribution in [2.75, 3.05) is 26.2 Å². The van der Waals surface area contributed by atoms with Crippen LogP contribution in [0.15, 0.2) is 12.1 Å². The van der Waals surface area contributed by atoms with E-state index in [1.54, 1.807) is 11.3 Å². The molecule has 0 aliphatic carbocycles. The molecular weight excluding hydrogens is 292 g/mol. The van der Waals surface area contributed by atoms with Gasteiger partial charge in [-0.25, -0.2) is 0 Å². The molecule has 0 radical (unpaired) electrons. The zero-order chi connectivity index (χ0) is 14.4. The second-order valence-corrected chi connectivity index (χ2v) is 7.42. The average Bonchev–Trinajstić information content (AvgIpc) is 3.05. The summed E-state index contributed by atoms with van der Waals surface area (Å²) in [5.74, 6) is 0.663. The Bertz CT molecular complexity index is 429. The highest BCUT2D eigenvalue weighted by molar-refractivity contribution is 7.16. The Balaban J connectivity index is 1.59. The first kappa shape index (κ1) is 15.8. The molecule has 0 bridgehead atoms. The van der Waals surface area contributed by atoms with Gasteiger partial charge in [0.1, 0.15) is 0 Å². The largest absolute Gasteiger partial charge is 0.356 e. The van der Waals surface area contributed by atoms with Gasteiger partial charge in [0.05, 0.1) is 4.34 Å². The zero-order valence-corrected chi connectivity index (χ0v) is 13.6. The molecule has 1 saturated heterocycles. The lowest BCUT2D eigenvalue weighted by molar-refractivity contribution is -0.121. The van der Waals surface area contributed by atoms with Crippen molar-refractivity contribution in [1.29, 1.82) is 0 Å². The van der Waals surface area contributed by atoms with Gasteiger partial charge in [0.15, 0.2) is 0 Å². The molecule has 1 aromatic heterocycles. The van der Waals surface area contributed by atoms with Crippen molar-refractivity contribution >= 4 is 28.8 Å². The van der Waals surface area contributed by atoms with Crippen LogP contribution in [-0.2, 0) is 11.2 Å². The molecule has 1 aliphatic heterocycles. The SMILES string of the molecule is CC(CNC(=O)CCc1ccc(Cl)s1)CN1CCCC1. The predicted molar refractivity (Wildman–Crippen MR) is 85.5 cm³/mol. The van der Waals surface area contributed by atoms with E-state index < -0.39 is 0 Å². The number of amides is 1. The summed E-state index contributed by atoms with van der Waals surface area (Å²) in [6.45, 7) is 6.52. The number of carbonyl (C=O) groups excluding carboxylic acids is 1. The van der Waals surface area contributed by atoms with Gasteiger partial charge in [0.2, 0.25) is 5.91 Å². The van der Waals surface area contributed by atoms with E-state index in [1.807, 2.05) is 12.1 Å². The molecule has 112 valence electrons. The summed E-state index contributed by atoms with van der Waals surface area (Å²) in [6.07, 6.45) is 3.97. The quantitative estimate of drug-likeness (QED) is 0.838. The van der Waals surface area contributed by atoms with Crippen molar-refractivity contribution in [2.24, 2.45) is 5.92 Å². The molecule has 0 spiro atoms. The molecule has 0 aromatic carbocycles. The normalized spacial score (nSPS) is 17.3. The van der Waals surface area contributed by atoms with Crippen LogP contribution in [0.4, 0.5) is 0 Å². The predicted octanol–water partition coefficient (Wildman–Crippen LogP) is 3.18. The fourth-order valence-electron chi connectivity index (χ4n) is 2.57. The molecule has 1 amide bonds. The van der Waals surface area contributed by atoms with E-state index in [0.717, 1.165) is 23.8 Å². The Labute approximate surface area is 130 Å². The monoisotopic (exact) mass is 314 g/mol. The number of hydrogen-bond donors (Lipinski definition) is 1. The van der Waals surface area contributed by atoms with E-state index in [0.29, 0.717) is 12.3 Å². The van der Waals surface area contributed by atoms with Crippen LogP contribution in [0.2, 0.25) is 4.34 Å². The van der Waals surface area contributed by atoms with Crippen LogP contribution in [0.5, 0.6) is 0 Å². The number of rotatable bonds is 7. The molecule has 2 heterocycles. The van der Waals surface area contributed by atoms with Gasteiger partial charge in [-0.1, -0.05) is 18.5 Å². The number of aryl methyl sites for hydroxylation is 1. The molecule has 0 saturated carbocycles. The second kappa shape index (κ2) is 8.01. The third kappa shape index (κ3) is 5.43. The lowest BCUT2D eigenvalue weighted by Crippen LogP contribution is -2.34. The summed E-state index contributed by atoms with van der Waals surface area (Å²) < 4.78 is 0.791. The molecule has 3 nitrogen and oxygen atoms in total. The molecule has 1 unspecified atom stereocenters. The summed E-state index contributed by atoms with van der Waals surface area (Å²) in [7, 11) is 0. The maximum atomic E-state index is 11.8. The summed E-state index contributed by atoms with van der Waals surface area (Å²) in [5.41, 5.74) is 0. The van der Waals surface area contributed by atoms with Crippen molar-refractivity contribution in [3.05, 3.63) is 21.3 Å². The van der Waals surface area contributed by atoms with Gasteiger partial charge in [-0.2, -0.15) is 0 Å². The fraction of sp³-hybridized carbons (Fsp3) is 0.667. The van der Waals surface area contributed by atoms with Gasteiger partial charge in [-0.3, -0.25) is 4.79 Å². The maximum absolute atomic E-state index is 11.8. The minimum Gasteiger partial charge on any atom is -0.356 e. The number of hydrogen-bond acceptors (Lipinski definition) is 3. The Morgan fingerprint density at radius 2 is 2.20 bits per heavy atom. The van der Waals surface area contributed by atoms with Gasteiger partial charge >= 0.3 is 0 Å². The van der Waals surface area contributed by atoms with Crippen LogP contribution < -0.4 is 5.32 Å². The van der Waals surface area contributed by atoms with Crippen LogP contribution in [0.1, 0.15) is 31.1 Å². The molecule has 20 heavy (non-hydrogen) atoms. The Morgan fingerprint density at radius 1 is 1.45 bits per heavy atom. The van der Waals surface area contributed by atoms with Gasteiger partial charge < -0.3 is 10.2 Å². The summed E-state index contributed by atoms with van der Waals surface area (Å²) in [6, 6.07) is 3.88. The third-order valence-corrected chi connectivity index (χ3v) is 4.93. The number of likely N-dealkylation sites (tertiary alicyclic amines) is 1. The van der Waals surface area contributed by atoms with Crippen LogP contribution in [0.3, 0.4) is 0 Å². The van der Waals surface area contributed by atoms with Crippen molar-refractivity contribution in [2.45, 2.75) is 32.6 Å². The molecule has 2 rings (SSSR count). The van der Waals surface area contributed by atoms with Crippen LogP contribution in [0, 0.1) is 5.92 Å². The van der Waals surface area contributed by atoms with Crippen molar-refractivity contribution in [3.63, 3.8) is 0 Å². The van der Waals surface area contributed by atoms with E-state index in [2.05, 4.69) is 17.1 Å². The van der Waals surface area contributed by atoms with E-state index in [1.165, 1.54) is 30.8 Å². The fourth-order valence-corrected chi connectivity index (χ4v) is 3.66. The molecule has 1 aromatic rings. The van der Waals surface area contributed by atoms with Crippen LogP contribution >= 0.6 is 22.9 Å². The minimum absolute atomic E-state index is 0.141. The highest BCUT2D eigenvalue weighted by Gasteiger charge is 2.15. The lowest BCUT2D eigenvalue weighted by atomic mass is 10.1. The highest BCUT2D eigenvalue weighted by atomic mass is 35.5. The van der Waals surface area contributed by atoms with E-state index in [-0.39, 0.29) is 5.91 Å². The Morgan fingerprint density at radius 3 is 2.85 bits per heavy atom. The smallest absolute Gasteiger partial charge is 0.220 e. The number of nitrogens with zero attached hydrogens (tertiary/aromatic N) is 1. The summed E-state index contributed by atoms with van der Waals surface area (Å²) in [5, 5.41) is 3.04. The van der Waals surface area contributed by atoms with Gasteiger partial charge in [-0.15, -0.1) is 11.3 Å². The number of thiophene rings is 1. The maximum Gasteiger partial charge on any atom is 0.220 e. The first-order chi connectivity index (χ1) is 9.63.